The zero-order chi connectivity index (χ0) is 12.3. The van der Waals surface area contributed by atoms with Crippen molar-refractivity contribution in [3.63, 3.8) is 0 Å². The highest BCUT2D eigenvalue weighted by Crippen LogP contribution is 2.23. The van der Waals surface area contributed by atoms with E-state index in [9.17, 15) is 0 Å². The number of hydrogen-bond donors (Lipinski definition) is 1. The summed E-state index contributed by atoms with van der Waals surface area (Å²) in [6.07, 6.45) is 1.98. The quantitative estimate of drug-likeness (QED) is 0.874. The molecule has 1 aromatic heterocycles. The average molecular weight is 266 g/mol. The van der Waals surface area contributed by atoms with Gasteiger partial charge in [-0.05, 0) is 59.3 Å². The molecule has 2 aromatic rings. The molecule has 0 saturated carbocycles. The molecule has 0 amide bonds. The Bertz CT molecular complexity index is 479. The lowest BCUT2D eigenvalue weighted by Gasteiger charge is -2.12. The molecule has 0 saturated heterocycles. The van der Waals surface area contributed by atoms with Crippen LogP contribution in [-0.4, -0.2) is 0 Å². The first kappa shape index (κ1) is 12.6. The van der Waals surface area contributed by atoms with Gasteiger partial charge in [0.25, 0.3) is 0 Å². The largest absolute Gasteiger partial charge is 0.324 e. The fraction of sp³-hybridized carbons (Fsp3) is 0.286. The van der Waals surface area contributed by atoms with Crippen LogP contribution in [0.2, 0.25) is 5.02 Å². The van der Waals surface area contributed by atoms with Crippen LogP contribution < -0.4 is 5.73 Å². The van der Waals surface area contributed by atoms with E-state index in [1.807, 2.05) is 19.1 Å². The van der Waals surface area contributed by atoms with Crippen molar-refractivity contribution < 1.29 is 0 Å². The van der Waals surface area contributed by atoms with E-state index in [1.54, 1.807) is 11.3 Å². The Labute approximate surface area is 111 Å². The van der Waals surface area contributed by atoms with Crippen LogP contribution in [-0.2, 0) is 6.42 Å². The summed E-state index contributed by atoms with van der Waals surface area (Å²) < 4.78 is 0. The van der Waals surface area contributed by atoms with Crippen molar-refractivity contribution in [1.29, 1.82) is 0 Å². The highest BCUT2D eigenvalue weighted by molar-refractivity contribution is 7.07. The number of aryl methyl sites for hydroxylation is 2. The summed E-state index contributed by atoms with van der Waals surface area (Å²) >= 11 is 7.83. The van der Waals surface area contributed by atoms with Crippen molar-refractivity contribution in [3.8, 4) is 0 Å². The van der Waals surface area contributed by atoms with Crippen molar-refractivity contribution in [2.24, 2.45) is 5.73 Å². The Morgan fingerprint density at radius 2 is 2.18 bits per heavy atom. The van der Waals surface area contributed by atoms with E-state index < -0.39 is 0 Å². The minimum Gasteiger partial charge on any atom is -0.324 e. The monoisotopic (exact) mass is 265 g/mol. The third-order valence-electron chi connectivity index (χ3n) is 2.95. The molecule has 1 nitrogen and oxygen atoms in total. The normalized spacial score (nSPS) is 12.6. The number of nitrogens with two attached hydrogens (primary N) is 1. The number of thiophene rings is 1. The van der Waals surface area contributed by atoms with Gasteiger partial charge in [0.15, 0.2) is 0 Å². The molecule has 2 N–H and O–H groups in total. The molecular weight excluding hydrogens is 250 g/mol. The van der Waals surface area contributed by atoms with E-state index in [-0.39, 0.29) is 6.04 Å². The number of rotatable bonds is 4. The van der Waals surface area contributed by atoms with Gasteiger partial charge in [0, 0.05) is 11.1 Å². The summed E-state index contributed by atoms with van der Waals surface area (Å²) in [6, 6.07) is 8.30. The van der Waals surface area contributed by atoms with Gasteiger partial charge in [0.2, 0.25) is 0 Å². The lowest BCUT2D eigenvalue weighted by molar-refractivity contribution is 0.652. The highest BCUT2D eigenvalue weighted by atomic mass is 35.5. The van der Waals surface area contributed by atoms with Crippen molar-refractivity contribution in [3.05, 3.63) is 56.7 Å². The van der Waals surface area contributed by atoms with Crippen LogP contribution in [0.25, 0.3) is 0 Å². The Hall–Kier alpha value is -0.830. The molecule has 0 aliphatic heterocycles. The van der Waals surface area contributed by atoms with E-state index in [4.69, 9.17) is 17.3 Å². The topological polar surface area (TPSA) is 26.0 Å². The molecule has 0 fully saturated rings. The van der Waals surface area contributed by atoms with E-state index in [2.05, 4.69) is 22.9 Å². The minimum atomic E-state index is 0.0630. The van der Waals surface area contributed by atoms with Gasteiger partial charge < -0.3 is 5.73 Å². The van der Waals surface area contributed by atoms with Gasteiger partial charge in [-0.2, -0.15) is 11.3 Å². The van der Waals surface area contributed by atoms with Crippen LogP contribution in [0.1, 0.15) is 29.2 Å². The molecule has 0 aliphatic carbocycles. The van der Waals surface area contributed by atoms with Gasteiger partial charge in [-0.25, -0.2) is 0 Å². The molecule has 1 unspecified atom stereocenters. The van der Waals surface area contributed by atoms with Crippen LogP contribution >= 0.6 is 22.9 Å². The molecule has 0 radical (unpaired) electrons. The molecule has 17 heavy (non-hydrogen) atoms. The summed E-state index contributed by atoms with van der Waals surface area (Å²) in [4.78, 5) is 0. The average Bonchev–Trinajstić information content (AvgIpc) is 2.82. The van der Waals surface area contributed by atoms with E-state index in [0.29, 0.717) is 0 Å². The van der Waals surface area contributed by atoms with Gasteiger partial charge in [-0.3, -0.25) is 0 Å². The van der Waals surface area contributed by atoms with E-state index in [1.165, 1.54) is 5.56 Å². The minimum absolute atomic E-state index is 0.0630. The predicted octanol–water partition coefficient (Wildman–Crippen LogP) is 4.34. The Kier molecular flexibility index (Phi) is 4.21. The summed E-state index contributed by atoms with van der Waals surface area (Å²) in [5, 5.41) is 5.08. The number of halogens is 1. The number of benzene rings is 1. The summed E-state index contributed by atoms with van der Waals surface area (Å²) in [5.74, 6) is 0. The molecule has 0 bridgehead atoms. The standard InChI is InChI=1S/C14H16ClNS/c1-10-2-4-12(8-13(10)15)14(16)5-3-11-6-7-17-9-11/h2,4,6-9,14H,3,5,16H2,1H3. The smallest absolute Gasteiger partial charge is 0.0438 e. The second-order valence-corrected chi connectivity index (χ2v) is 5.47. The van der Waals surface area contributed by atoms with E-state index in [0.717, 1.165) is 29.0 Å². The second-order valence-electron chi connectivity index (χ2n) is 4.29. The lowest BCUT2D eigenvalue weighted by Crippen LogP contribution is -2.11. The van der Waals surface area contributed by atoms with Crippen LogP contribution in [0.4, 0.5) is 0 Å². The maximum atomic E-state index is 6.18. The van der Waals surface area contributed by atoms with Gasteiger partial charge in [0.1, 0.15) is 0 Å². The first-order chi connectivity index (χ1) is 8.16. The van der Waals surface area contributed by atoms with Crippen molar-refractivity contribution in [1.82, 2.24) is 0 Å². The molecular formula is C14H16ClNS. The van der Waals surface area contributed by atoms with Gasteiger partial charge in [-0.1, -0.05) is 23.7 Å². The first-order valence-corrected chi connectivity index (χ1v) is 7.01. The second kappa shape index (κ2) is 5.67. The van der Waals surface area contributed by atoms with Crippen molar-refractivity contribution >= 4 is 22.9 Å². The summed E-state index contributed by atoms with van der Waals surface area (Å²) in [7, 11) is 0. The summed E-state index contributed by atoms with van der Waals surface area (Å²) in [6.45, 7) is 2.00. The molecule has 1 aromatic carbocycles. The molecule has 1 atom stereocenters. The van der Waals surface area contributed by atoms with Gasteiger partial charge in [0.05, 0.1) is 0 Å². The van der Waals surface area contributed by atoms with Crippen molar-refractivity contribution in [2.75, 3.05) is 0 Å². The SMILES string of the molecule is Cc1ccc(C(N)CCc2ccsc2)cc1Cl. The fourth-order valence-corrected chi connectivity index (χ4v) is 2.66. The molecule has 2 rings (SSSR count). The van der Waals surface area contributed by atoms with Gasteiger partial charge >= 0.3 is 0 Å². The third-order valence-corrected chi connectivity index (χ3v) is 4.09. The molecule has 3 heteroatoms. The lowest BCUT2D eigenvalue weighted by atomic mass is 10.00. The van der Waals surface area contributed by atoms with Crippen LogP contribution in [0.5, 0.6) is 0 Å². The molecule has 0 aliphatic rings. The number of hydrogen-bond acceptors (Lipinski definition) is 2. The highest BCUT2D eigenvalue weighted by Gasteiger charge is 2.08. The Morgan fingerprint density at radius 3 is 2.82 bits per heavy atom. The molecule has 1 heterocycles. The Morgan fingerprint density at radius 1 is 1.35 bits per heavy atom. The van der Waals surface area contributed by atoms with Crippen LogP contribution in [0.3, 0.4) is 0 Å². The third kappa shape index (κ3) is 3.32. The molecule has 90 valence electrons. The van der Waals surface area contributed by atoms with Crippen LogP contribution in [0.15, 0.2) is 35.0 Å². The molecule has 0 spiro atoms. The first-order valence-electron chi connectivity index (χ1n) is 5.69. The van der Waals surface area contributed by atoms with E-state index >= 15 is 0 Å². The maximum Gasteiger partial charge on any atom is 0.0438 e. The zero-order valence-corrected chi connectivity index (χ0v) is 11.4. The predicted molar refractivity (Wildman–Crippen MR) is 75.8 cm³/mol. The maximum absolute atomic E-state index is 6.18. The fourth-order valence-electron chi connectivity index (χ4n) is 1.76. The Balaban J connectivity index is 1.99. The zero-order valence-electron chi connectivity index (χ0n) is 9.82. The van der Waals surface area contributed by atoms with Crippen molar-refractivity contribution in [2.45, 2.75) is 25.8 Å². The van der Waals surface area contributed by atoms with Gasteiger partial charge in [-0.15, -0.1) is 0 Å². The summed E-state index contributed by atoms with van der Waals surface area (Å²) in [5.41, 5.74) is 9.76. The van der Waals surface area contributed by atoms with Crippen LogP contribution in [0, 0.1) is 6.92 Å².